The number of carbonyl (C=O) groups is 2. The van der Waals surface area contributed by atoms with Crippen molar-refractivity contribution in [1.82, 2.24) is 9.96 Å². The number of benzene rings is 1. The Balaban J connectivity index is 1.62. The molecule has 0 saturated carbocycles. The quantitative estimate of drug-likeness (QED) is 0.768. The van der Waals surface area contributed by atoms with Gasteiger partial charge < -0.3 is 9.69 Å². The molecular weight excluding hydrogens is 256 g/mol. The lowest BCUT2D eigenvalue weighted by Crippen LogP contribution is -2.62. The second-order valence-corrected chi connectivity index (χ2v) is 5.31. The van der Waals surface area contributed by atoms with Crippen molar-refractivity contribution >= 4 is 12.2 Å². The summed E-state index contributed by atoms with van der Waals surface area (Å²) in [7, 11) is 0. The van der Waals surface area contributed by atoms with E-state index < -0.39 is 0 Å². The van der Waals surface area contributed by atoms with Gasteiger partial charge in [-0.25, -0.2) is 0 Å². The minimum atomic E-state index is -0.241. The van der Waals surface area contributed by atoms with Crippen LogP contribution in [0.4, 0.5) is 0 Å². The molecule has 2 atom stereocenters. The topological polar surface area (TPSA) is 49.9 Å². The molecule has 1 aromatic rings. The molecule has 1 amide bonds. The van der Waals surface area contributed by atoms with E-state index in [9.17, 15) is 9.59 Å². The second kappa shape index (κ2) is 5.73. The maximum absolute atomic E-state index is 12.0. The maximum Gasteiger partial charge on any atom is 0.239 e. The minimum Gasteiger partial charge on any atom is -0.330 e. The predicted molar refractivity (Wildman–Crippen MR) is 72.5 cm³/mol. The Hall–Kier alpha value is -1.72. The monoisotopic (exact) mass is 274 g/mol. The first-order chi connectivity index (χ1) is 9.78. The molecule has 2 fully saturated rings. The van der Waals surface area contributed by atoms with Crippen LogP contribution in [-0.2, 0) is 21.0 Å². The van der Waals surface area contributed by atoms with Gasteiger partial charge in [0, 0.05) is 6.54 Å². The average Bonchev–Trinajstić information content (AvgIpc) is 2.50. The van der Waals surface area contributed by atoms with Gasteiger partial charge in [-0.05, 0) is 18.4 Å². The number of amides is 1. The molecule has 2 aliphatic heterocycles. The lowest BCUT2D eigenvalue weighted by Gasteiger charge is -2.46. The first-order valence-electron chi connectivity index (χ1n) is 6.96. The number of hydrogen-bond acceptors (Lipinski definition) is 4. The summed E-state index contributed by atoms with van der Waals surface area (Å²) in [6.45, 7) is 1.31. The number of aldehydes is 1. The molecule has 2 heterocycles. The fraction of sp³-hybridized carbons (Fsp3) is 0.467. The summed E-state index contributed by atoms with van der Waals surface area (Å²) in [5.74, 6) is -0.0221. The van der Waals surface area contributed by atoms with E-state index in [0.29, 0.717) is 13.2 Å². The van der Waals surface area contributed by atoms with Gasteiger partial charge in [0.05, 0.1) is 18.7 Å². The standard InChI is InChI=1S/C15H18N2O3/c18-10-14-7-6-13-8-16(14)15(19)9-17(13)20-11-12-4-2-1-3-5-12/h1-5,10,13-14H,6-9,11H2/t13-,14+/m1/s1. The van der Waals surface area contributed by atoms with Crippen molar-refractivity contribution < 1.29 is 14.4 Å². The van der Waals surface area contributed by atoms with Gasteiger partial charge in [-0.1, -0.05) is 30.3 Å². The van der Waals surface area contributed by atoms with Gasteiger partial charge >= 0.3 is 0 Å². The summed E-state index contributed by atoms with van der Waals surface area (Å²) in [5, 5.41) is 1.78. The van der Waals surface area contributed by atoms with E-state index in [1.807, 2.05) is 30.3 Å². The molecule has 2 saturated heterocycles. The van der Waals surface area contributed by atoms with Crippen LogP contribution < -0.4 is 0 Å². The third-order valence-corrected chi connectivity index (χ3v) is 4.02. The largest absolute Gasteiger partial charge is 0.330 e. The molecule has 2 bridgehead atoms. The molecule has 3 rings (SSSR count). The van der Waals surface area contributed by atoms with Crippen molar-refractivity contribution in [2.45, 2.75) is 31.5 Å². The summed E-state index contributed by atoms with van der Waals surface area (Å²) in [4.78, 5) is 30.5. The lowest BCUT2D eigenvalue weighted by molar-refractivity contribution is -0.225. The summed E-state index contributed by atoms with van der Waals surface area (Å²) in [6, 6.07) is 9.87. The number of rotatable bonds is 4. The van der Waals surface area contributed by atoms with E-state index in [1.54, 1.807) is 9.96 Å². The van der Waals surface area contributed by atoms with Crippen LogP contribution in [0.2, 0.25) is 0 Å². The first-order valence-corrected chi connectivity index (χ1v) is 6.96. The van der Waals surface area contributed by atoms with E-state index in [-0.39, 0.29) is 24.5 Å². The third kappa shape index (κ3) is 2.59. The van der Waals surface area contributed by atoms with Gasteiger partial charge in [-0.15, -0.1) is 0 Å². The fourth-order valence-corrected chi connectivity index (χ4v) is 2.87. The zero-order valence-corrected chi connectivity index (χ0v) is 11.3. The number of piperidine rings is 1. The zero-order valence-electron chi connectivity index (χ0n) is 11.3. The van der Waals surface area contributed by atoms with Crippen molar-refractivity contribution in [1.29, 1.82) is 0 Å². The minimum absolute atomic E-state index is 0.0221. The highest BCUT2D eigenvalue weighted by molar-refractivity contribution is 5.82. The summed E-state index contributed by atoms with van der Waals surface area (Å²) >= 11 is 0. The van der Waals surface area contributed by atoms with Crippen molar-refractivity contribution in [3.63, 3.8) is 0 Å². The highest BCUT2D eigenvalue weighted by atomic mass is 16.7. The molecule has 2 aliphatic rings. The van der Waals surface area contributed by atoms with E-state index in [4.69, 9.17) is 4.84 Å². The van der Waals surface area contributed by atoms with Crippen LogP contribution >= 0.6 is 0 Å². The maximum atomic E-state index is 12.0. The van der Waals surface area contributed by atoms with Crippen molar-refractivity contribution in [3.8, 4) is 0 Å². The Kier molecular flexibility index (Phi) is 3.80. The van der Waals surface area contributed by atoms with Crippen LogP contribution in [-0.4, -0.2) is 47.3 Å². The molecule has 20 heavy (non-hydrogen) atoms. The Morgan fingerprint density at radius 1 is 1.25 bits per heavy atom. The van der Waals surface area contributed by atoms with Crippen molar-refractivity contribution in [2.24, 2.45) is 0 Å². The number of hydroxylamine groups is 2. The van der Waals surface area contributed by atoms with Gasteiger partial charge in [0.15, 0.2) is 0 Å². The Labute approximate surface area is 118 Å². The van der Waals surface area contributed by atoms with Gasteiger partial charge in [0.25, 0.3) is 0 Å². The number of fused-ring (bicyclic) bond motifs is 2. The smallest absolute Gasteiger partial charge is 0.239 e. The molecule has 5 nitrogen and oxygen atoms in total. The second-order valence-electron chi connectivity index (χ2n) is 5.31. The molecule has 0 unspecified atom stereocenters. The SMILES string of the molecule is O=C[C@@H]1CC[C@@H]2CN1C(=O)CN2OCc1ccccc1. The van der Waals surface area contributed by atoms with Gasteiger partial charge in [0.1, 0.15) is 12.8 Å². The van der Waals surface area contributed by atoms with E-state index in [0.717, 1.165) is 24.7 Å². The van der Waals surface area contributed by atoms with Crippen LogP contribution in [0.3, 0.4) is 0 Å². The van der Waals surface area contributed by atoms with Crippen LogP contribution in [0.15, 0.2) is 30.3 Å². The molecule has 0 spiro atoms. The van der Waals surface area contributed by atoms with Crippen LogP contribution in [0.1, 0.15) is 18.4 Å². The molecule has 5 heteroatoms. The molecule has 1 aromatic carbocycles. The third-order valence-electron chi connectivity index (χ3n) is 4.02. The highest BCUT2D eigenvalue weighted by Crippen LogP contribution is 2.25. The summed E-state index contributed by atoms with van der Waals surface area (Å²) in [6.07, 6.45) is 2.50. The molecular formula is C15H18N2O3. The summed E-state index contributed by atoms with van der Waals surface area (Å²) in [5.41, 5.74) is 1.09. The van der Waals surface area contributed by atoms with Gasteiger partial charge in [-0.2, -0.15) is 5.06 Å². The van der Waals surface area contributed by atoms with Crippen LogP contribution in [0.5, 0.6) is 0 Å². The average molecular weight is 274 g/mol. The predicted octanol–water partition coefficient (Wildman–Crippen LogP) is 0.992. The van der Waals surface area contributed by atoms with Gasteiger partial charge in [0.2, 0.25) is 5.91 Å². The van der Waals surface area contributed by atoms with Crippen LogP contribution in [0, 0.1) is 0 Å². The molecule has 0 radical (unpaired) electrons. The van der Waals surface area contributed by atoms with Crippen molar-refractivity contribution in [3.05, 3.63) is 35.9 Å². The molecule has 0 N–H and O–H groups in total. The normalized spacial score (nSPS) is 26.6. The lowest BCUT2D eigenvalue weighted by atomic mass is 9.96. The van der Waals surface area contributed by atoms with E-state index >= 15 is 0 Å². The molecule has 106 valence electrons. The van der Waals surface area contributed by atoms with Crippen molar-refractivity contribution in [2.75, 3.05) is 13.1 Å². The van der Waals surface area contributed by atoms with E-state index in [2.05, 4.69) is 0 Å². The summed E-state index contributed by atoms with van der Waals surface area (Å²) < 4.78 is 0. The van der Waals surface area contributed by atoms with Crippen LogP contribution in [0.25, 0.3) is 0 Å². The number of hydrogen-bond donors (Lipinski definition) is 0. The van der Waals surface area contributed by atoms with E-state index in [1.165, 1.54) is 0 Å². The molecule has 0 aliphatic carbocycles. The van der Waals surface area contributed by atoms with Gasteiger partial charge in [-0.3, -0.25) is 9.63 Å². The Morgan fingerprint density at radius 2 is 2.05 bits per heavy atom. The first kappa shape index (κ1) is 13.3. The highest BCUT2D eigenvalue weighted by Gasteiger charge is 2.40. The molecule has 0 aromatic heterocycles. The number of piperazine rings is 1. The Morgan fingerprint density at radius 3 is 2.80 bits per heavy atom. The fourth-order valence-electron chi connectivity index (χ4n) is 2.87. The number of nitrogens with zero attached hydrogens (tertiary/aromatic N) is 2. The number of carbonyl (C=O) groups excluding carboxylic acids is 2. The Bertz CT molecular complexity index is 491. The zero-order chi connectivity index (χ0) is 13.9.